The second-order valence-electron chi connectivity index (χ2n) is 6.62. The van der Waals surface area contributed by atoms with Gasteiger partial charge in [0, 0.05) is 26.8 Å². The van der Waals surface area contributed by atoms with Crippen molar-refractivity contribution in [1.29, 1.82) is 0 Å². The number of rotatable bonds is 10. The van der Waals surface area contributed by atoms with Gasteiger partial charge in [-0.1, -0.05) is 42.5 Å². The van der Waals surface area contributed by atoms with Gasteiger partial charge in [0.2, 0.25) is 11.8 Å². The van der Waals surface area contributed by atoms with E-state index in [1.54, 1.807) is 26.2 Å². The Morgan fingerprint density at radius 1 is 1.07 bits per heavy atom. The van der Waals surface area contributed by atoms with Crippen molar-refractivity contribution in [1.82, 2.24) is 10.2 Å². The van der Waals surface area contributed by atoms with Crippen LogP contribution in [-0.2, 0) is 27.3 Å². The molecule has 5 nitrogen and oxygen atoms in total. The Labute approximate surface area is 165 Å². The molecule has 1 unspecified atom stereocenters. The lowest BCUT2D eigenvalue weighted by Gasteiger charge is -2.29. The Hall–Kier alpha value is -2.73. The van der Waals surface area contributed by atoms with Gasteiger partial charge in [-0.25, -0.2) is 4.39 Å². The van der Waals surface area contributed by atoms with Crippen LogP contribution < -0.4 is 5.32 Å². The molecular formula is C22H27FN2O3. The second-order valence-corrected chi connectivity index (χ2v) is 6.62. The van der Waals surface area contributed by atoms with E-state index in [4.69, 9.17) is 4.74 Å². The van der Waals surface area contributed by atoms with Crippen LogP contribution in [0.3, 0.4) is 0 Å². The fraction of sp³-hybridized carbons (Fsp3) is 0.364. The fourth-order valence-corrected chi connectivity index (χ4v) is 2.82. The van der Waals surface area contributed by atoms with Gasteiger partial charge in [0.15, 0.2) is 0 Å². The third-order valence-corrected chi connectivity index (χ3v) is 4.46. The number of nitrogens with one attached hydrogen (secondary N) is 1. The highest BCUT2D eigenvalue weighted by Crippen LogP contribution is 2.13. The lowest BCUT2D eigenvalue weighted by atomic mass is 10.1. The smallest absolute Gasteiger partial charge is 0.242 e. The summed E-state index contributed by atoms with van der Waals surface area (Å²) in [6, 6.07) is 14.7. The van der Waals surface area contributed by atoms with Crippen LogP contribution in [0.1, 0.15) is 24.5 Å². The minimum Gasteiger partial charge on any atom is -0.385 e. The van der Waals surface area contributed by atoms with E-state index in [1.165, 1.54) is 17.0 Å². The van der Waals surface area contributed by atoms with Crippen LogP contribution in [0.2, 0.25) is 0 Å². The van der Waals surface area contributed by atoms with Crippen LogP contribution in [0.25, 0.3) is 0 Å². The molecule has 0 aliphatic heterocycles. The molecule has 0 bridgehead atoms. The molecule has 0 spiro atoms. The van der Waals surface area contributed by atoms with E-state index in [0.29, 0.717) is 19.6 Å². The molecule has 2 rings (SSSR count). The summed E-state index contributed by atoms with van der Waals surface area (Å²) in [5.74, 6) is -0.718. The first kappa shape index (κ1) is 21.6. The summed E-state index contributed by atoms with van der Waals surface area (Å²) in [4.78, 5) is 27.0. The molecule has 6 heteroatoms. The van der Waals surface area contributed by atoms with Crippen LogP contribution >= 0.6 is 0 Å². The molecule has 0 aliphatic carbocycles. The molecule has 2 amide bonds. The van der Waals surface area contributed by atoms with Crippen LogP contribution in [0.4, 0.5) is 4.39 Å². The molecular weight excluding hydrogens is 359 g/mol. The zero-order valence-corrected chi connectivity index (χ0v) is 16.4. The molecule has 0 saturated heterocycles. The highest BCUT2D eigenvalue weighted by Gasteiger charge is 2.26. The standard InChI is InChI=1S/C22H27FN2O3/c1-17(22(27)24-13-6-14-28-2)25(16-19-9-11-20(23)12-10-19)21(26)15-18-7-4-3-5-8-18/h3-5,7-12,17H,6,13-16H2,1-2H3,(H,24,27). The average molecular weight is 386 g/mol. The third kappa shape index (κ3) is 6.78. The molecule has 0 aliphatic rings. The van der Waals surface area contributed by atoms with Crippen molar-refractivity contribution in [2.75, 3.05) is 20.3 Å². The topological polar surface area (TPSA) is 58.6 Å². The van der Waals surface area contributed by atoms with Crippen LogP contribution in [0.15, 0.2) is 54.6 Å². The number of hydrogen-bond donors (Lipinski definition) is 1. The Balaban J connectivity index is 2.10. The molecule has 1 N–H and O–H groups in total. The summed E-state index contributed by atoms with van der Waals surface area (Å²) < 4.78 is 18.2. The van der Waals surface area contributed by atoms with E-state index in [0.717, 1.165) is 11.1 Å². The largest absolute Gasteiger partial charge is 0.385 e. The third-order valence-electron chi connectivity index (χ3n) is 4.46. The predicted molar refractivity (Wildman–Crippen MR) is 106 cm³/mol. The maximum Gasteiger partial charge on any atom is 0.242 e. The molecule has 0 heterocycles. The van der Waals surface area contributed by atoms with Gasteiger partial charge >= 0.3 is 0 Å². The number of benzene rings is 2. The van der Waals surface area contributed by atoms with Crippen molar-refractivity contribution < 1.29 is 18.7 Å². The lowest BCUT2D eigenvalue weighted by molar-refractivity contribution is -0.140. The van der Waals surface area contributed by atoms with Gasteiger partial charge in [-0.2, -0.15) is 0 Å². The highest BCUT2D eigenvalue weighted by atomic mass is 19.1. The number of halogens is 1. The van der Waals surface area contributed by atoms with Gasteiger partial charge in [0.1, 0.15) is 11.9 Å². The predicted octanol–water partition coefficient (Wildman–Crippen LogP) is 2.94. The highest BCUT2D eigenvalue weighted by molar-refractivity contribution is 5.88. The Kier molecular flexibility index (Phi) is 8.62. The Morgan fingerprint density at radius 2 is 1.75 bits per heavy atom. The molecule has 0 fully saturated rings. The van der Waals surface area contributed by atoms with E-state index in [9.17, 15) is 14.0 Å². The molecule has 0 saturated carbocycles. The van der Waals surface area contributed by atoms with Crippen molar-refractivity contribution in [2.24, 2.45) is 0 Å². The van der Waals surface area contributed by atoms with E-state index in [2.05, 4.69) is 5.32 Å². The first-order chi connectivity index (χ1) is 13.5. The van der Waals surface area contributed by atoms with Gasteiger partial charge < -0.3 is 15.0 Å². The summed E-state index contributed by atoms with van der Waals surface area (Å²) in [6.07, 6.45) is 0.897. The first-order valence-electron chi connectivity index (χ1n) is 9.35. The number of carbonyl (C=O) groups excluding carboxylic acids is 2. The number of carbonyl (C=O) groups is 2. The summed E-state index contributed by atoms with van der Waals surface area (Å²) in [5, 5.41) is 2.84. The maximum absolute atomic E-state index is 13.2. The molecule has 2 aromatic carbocycles. The molecule has 0 aromatic heterocycles. The van der Waals surface area contributed by atoms with Crippen LogP contribution in [-0.4, -0.2) is 43.0 Å². The summed E-state index contributed by atoms with van der Waals surface area (Å²) in [5.41, 5.74) is 1.64. The number of amides is 2. The second kappa shape index (κ2) is 11.2. The molecule has 28 heavy (non-hydrogen) atoms. The number of nitrogens with zero attached hydrogens (tertiary/aromatic N) is 1. The van der Waals surface area contributed by atoms with E-state index in [1.807, 2.05) is 30.3 Å². The number of methoxy groups -OCH3 is 1. The first-order valence-corrected chi connectivity index (χ1v) is 9.35. The van der Waals surface area contributed by atoms with Crippen LogP contribution in [0.5, 0.6) is 0 Å². The van der Waals surface area contributed by atoms with Crippen molar-refractivity contribution in [3.8, 4) is 0 Å². The quantitative estimate of drug-likeness (QED) is 0.639. The van der Waals surface area contributed by atoms with Crippen molar-refractivity contribution in [3.05, 3.63) is 71.5 Å². The van der Waals surface area contributed by atoms with E-state index >= 15 is 0 Å². The van der Waals surface area contributed by atoms with Gasteiger partial charge in [-0.3, -0.25) is 9.59 Å². The summed E-state index contributed by atoms with van der Waals surface area (Å²) in [7, 11) is 1.61. The monoisotopic (exact) mass is 386 g/mol. The van der Waals surface area contributed by atoms with Crippen molar-refractivity contribution >= 4 is 11.8 Å². The molecule has 2 aromatic rings. The number of hydrogen-bond acceptors (Lipinski definition) is 3. The Bertz CT molecular complexity index is 750. The van der Waals surface area contributed by atoms with Gasteiger partial charge in [0.25, 0.3) is 0 Å². The molecule has 0 radical (unpaired) electrons. The minimum absolute atomic E-state index is 0.157. The summed E-state index contributed by atoms with van der Waals surface area (Å²) in [6.45, 7) is 2.98. The molecule has 150 valence electrons. The zero-order chi connectivity index (χ0) is 20.4. The van der Waals surface area contributed by atoms with Crippen molar-refractivity contribution in [2.45, 2.75) is 32.4 Å². The van der Waals surface area contributed by atoms with E-state index in [-0.39, 0.29) is 30.6 Å². The lowest BCUT2D eigenvalue weighted by Crippen LogP contribution is -2.48. The maximum atomic E-state index is 13.2. The van der Waals surface area contributed by atoms with E-state index < -0.39 is 6.04 Å². The SMILES string of the molecule is COCCCNC(=O)C(C)N(Cc1ccc(F)cc1)C(=O)Cc1ccccc1. The molecule has 1 atom stereocenters. The van der Waals surface area contributed by atoms with Crippen molar-refractivity contribution in [3.63, 3.8) is 0 Å². The van der Waals surface area contributed by atoms with Gasteiger partial charge in [-0.15, -0.1) is 0 Å². The van der Waals surface area contributed by atoms with Crippen LogP contribution in [0, 0.1) is 5.82 Å². The normalized spacial score (nSPS) is 11.7. The van der Waals surface area contributed by atoms with Gasteiger partial charge in [0.05, 0.1) is 6.42 Å². The zero-order valence-electron chi connectivity index (χ0n) is 16.4. The fourth-order valence-electron chi connectivity index (χ4n) is 2.82. The van der Waals surface area contributed by atoms with Gasteiger partial charge in [-0.05, 0) is 36.6 Å². The average Bonchev–Trinajstić information content (AvgIpc) is 2.70. The summed E-state index contributed by atoms with van der Waals surface area (Å²) >= 11 is 0. The Morgan fingerprint density at radius 3 is 2.39 bits per heavy atom. The minimum atomic E-state index is -0.649. The number of ether oxygens (including phenoxy) is 1.